The summed E-state index contributed by atoms with van der Waals surface area (Å²) in [6.45, 7) is 0. The Labute approximate surface area is 28.9 Å². The quantitative estimate of drug-likeness (QED) is 0.277. The van der Waals surface area contributed by atoms with Gasteiger partial charge in [0.25, 0.3) is 0 Å². The number of hydrogen-bond acceptors (Lipinski definition) is 3. The first kappa shape index (κ1) is 4.98. The molecule has 1 atom stereocenters. The van der Waals surface area contributed by atoms with Crippen LogP contribution in [0.3, 0.4) is 0 Å². The summed E-state index contributed by atoms with van der Waals surface area (Å²) >= 11 is 0. The fourth-order valence-corrected chi connectivity index (χ4v) is 0. The minimum Gasteiger partial charge on any atom is -0.297 e. The van der Waals surface area contributed by atoms with Gasteiger partial charge >= 0.3 is 8.25 Å². The lowest BCUT2D eigenvalue weighted by atomic mass is 15.0. The summed E-state index contributed by atoms with van der Waals surface area (Å²) in [5, 5.41) is 7.11. The molecule has 31 valence electrons. The van der Waals surface area contributed by atoms with Crippen LogP contribution < -0.4 is 0 Å². The fraction of sp³-hybridized carbons (Fsp3) is 0. The van der Waals surface area contributed by atoms with Gasteiger partial charge < -0.3 is 0 Å². The normalized spacial score (nSPS) is 11.2. The molecule has 1 unspecified atom stereocenters. The van der Waals surface area contributed by atoms with Crippen molar-refractivity contribution in [3.05, 3.63) is 0 Å². The minimum absolute atomic E-state index is 2.79. The molecule has 0 bridgehead atoms. The average molecular weight is 97.0 g/mol. The first-order chi connectivity index (χ1) is 2.27. The third-order valence-electron chi connectivity index (χ3n) is 0.0698. The van der Waals surface area contributed by atoms with Gasteiger partial charge in [-0.2, -0.15) is 0 Å². The zero-order valence-corrected chi connectivity index (χ0v) is 3.05. The first-order valence-corrected chi connectivity index (χ1v) is 1.88. The van der Waals surface area contributed by atoms with Gasteiger partial charge in [-0.3, -0.25) is 4.89 Å². The number of hydrogen-bond donors (Lipinski definition) is 2. The van der Waals surface area contributed by atoms with Crippen LogP contribution >= 0.6 is 8.25 Å². The molecule has 0 aromatic rings. The van der Waals surface area contributed by atoms with E-state index in [0.717, 1.165) is 0 Å². The van der Waals surface area contributed by atoms with Crippen LogP contribution in [0, 0.1) is 0 Å². The predicted molar refractivity (Wildman–Crippen MR) is 13.5 cm³/mol. The van der Waals surface area contributed by atoms with E-state index in [4.69, 9.17) is 14.7 Å². The topological polar surface area (TPSA) is 66.8 Å². The summed E-state index contributed by atoms with van der Waals surface area (Å²) in [6.07, 6.45) is 0. The van der Waals surface area contributed by atoms with Gasteiger partial charge in [-0.1, -0.05) is 0 Å². The Morgan fingerprint density at radius 3 is 2.00 bits per heavy atom. The second-order valence-electron chi connectivity index (χ2n) is 0.319. The molecule has 0 aromatic heterocycles. The molecular weight excluding hydrogens is 95.0 g/mol. The Morgan fingerprint density at radius 2 is 2.00 bits per heavy atom. The van der Waals surface area contributed by atoms with E-state index < -0.39 is 8.25 Å². The molecule has 5 heteroatoms. The molecule has 0 spiro atoms. The summed E-state index contributed by atoms with van der Waals surface area (Å²) < 4.78 is 11.9. The zero-order valence-electron chi connectivity index (χ0n) is 2.16. The van der Waals surface area contributed by atoms with Crippen molar-refractivity contribution >= 4 is 8.25 Å². The second kappa shape index (κ2) is 2.23. The lowest BCUT2D eigenvalue weighted by molar-refractivity contribution is -0.138. The summed E-state index contributed by atoms with van der Waals surface area (Å²) in [5.41, 5.74) is 0. The zero-order chi connectivity index (χ0) is 4.28. The van der Waals surface area contributed by atoms with Gasteiger partial charge in [0.15, 0.2) is 0 Å². The molecule has 0 saturated heterocycles. The highest BCUT2D eigenvalue weighted by atomic mass is 31.1. The molecule has 0 saturated carbocycles. The van der Waals surface area contributed by atoms with Crippen LogP contribution in [-0.4, -0.2) is 10.2 Å². The van der Waals surface area contributed by atoms with Gasteiger partial charge in [-0.25, -0.2) is 9.82 Å². The molecule has 0 aromatic carbocycles. The van der Waals surface area contributed by atoms with Gasteiger partial charge in [0.2, 0.25) is 0 Å². The van der Waals surface area contributed by atoms with E-state index in [1.54, 1.807) is 0 Å². The monoisotopic (exact) mass is 97.0 g/mol. The smallest absolute Gasteiger partial charge is 0.297 e. The summed E-state index contributed by atoms with van der Waals surface area (Å²) in [5.74, 6) is 0. The Kier molecular flexibility index (Phi) is 2.22. The van der Waals surface area contributed by atoms with Crippen molar-refractivity contribution in [2.24, 2.45) is 0 Å². The first-order valence-electron chi connectivity index (χ1n) is 0.748. The molecule has 5 heavy (non-hydrogen) atoms. The molecule has 4 nitrogen and oxygen atoms in total. The molecule has 0 aliphatic rings. The van der Waals surface area contributed by atoms with E-state index in [1.807, 2.05) is 0 Å². The Hall–Kier alpha value is -0.0200. The van der Waals surface area contributed by atoms with Gasteiger partial charge in [-0.15, -0.1) is 4.67 Å². The van der Waals surface area contributed by atoms with Crippen molar-refractivity contribution in [2.45, 2.75) is 0 Å². The van der Waals surface area contributed by atoms with Gasteiger partial charge in [0.1, 0.15) is 0 Å². The molecule has 1 radical (unpaired) electrons. The van der Waals surface area contributed by atoms with Crippen molar-refractivity contribution in [3.8, 4) is 0 Å². The van der Waals surface area contributed by atoms with Crippen molar-refractivity contribution in [1.29, 1.82) is 0 Å². The van der Waals surface area contributed by atoms with Gasteiger partial charge in [-0.05, 0) is 0 Å². The van der Waals surface area contributed by atoms with Gasteiger partial charge in [0, 0.05) is 0 Å². The third-order valence-corrected chi connectivity index (χ3v) is 0.210. The van der Waals surface area contributed by atoms with Crippen LogP contribution in [0.5, 0.6) is 0 Å². The van der Waals surface area contributed by atoms with Crippen molar-refractivity contribution in [2.75, 3.05) is 0 Å². The van der Waals surface area contributed by atoms with Crippen molar-refractivity contribution < 1.29 is 19.4 Å². The fourth-order valence-electron chi connectivity index (χ4n) is 0. The lowest BCUT2D eigenvalue weighted by Crippen LogP contribution is -1.59. The van der Waals surface area contributed by atoms with Crippen LogP contribution in [0.15, 0.2) is 0 Å². The standard InChI is InChI=1S/H2O4P/c1-4-5(2)3/h1H,(H,2,3). The predicted octanol–water partition coefficient (Wildman–Crippen LogP) is 0.126. The molecular formula is H2O4P. The Morgan fingerprint density at radius 1 is 1.80 bits per heavy atom. The van der Waals surface area contributed by atoms with E-state index in [-0.39, 0.29) is 0 Å². The molecule has 0 rings (SSSR count). The average Bonchev–Trinajstić information content (AvgIpc) is 1.38. The second-order valence-corrected chi connectivity index (χ2v) is 0.958. The Bertz CT molecular complexity index is 38.9. The molecule has 0 aliphatic heterocycles. The Balaban J connectivity index is 2.85. The minimum atomic E-state index is -2.79. The summed E-state index contributed by atoms with van der Waals surface area (Å²) in [6, 6.07) is 0. The van der Waals surface area contributed by atoms with Crippen molar-refractivity contribution in [1.82, 2.24) is 0 Å². The van der Waals surface area contributed by atoms with E-state index in [9.17, 15) is 0 Å². The SMILES string of the molecule is O=[P](O)OO. The van der Waals surface area contributed by atoms with Crippen LogP contribution in [0.1, 0.15) is 0 Å². The summed E-state index contributed by atoms with van der Waals surface area (Å²) in [7, 11) is -2.79. The van der Waals surface area contributed by atoms with Crippen LogP contribution in [-0.2, 0) is 9.24 Å². The number of rotatable bonds is 1. The highest BCUT2D eigenvalue weighted by Crippen LogP contribution is 2.09. The molecule has 0 aliphatic carbocycles. The maximum atomic E-state index is 9.04. The van der Waals surface area contributed by atoms with E-state index in [1.165, 1.54) is 0 Å². The highest BCUT2D eigenvalue weighted by Gasteiger charge is 1.81. The molecule has 0 fully saturated rings. The van der Waals surface area contributed by atoms with Crippen LogP contribution in [0.4, 0.5) is 0 Å². The van der Waals surface area contributed by atoms with Crippen molar-refractivity contribution in [3.63, 3.8) is 0 Å². The van der Waals surface area contributed by atoms with E-state index >= 15 is 0 Å². The lowest BCUT2D eigenvalue weighted by Gasteiger charge is -1.72. The maximum absolute atomic E-state index is 9.04. The van der Waals surface area contributed by atoms with E-state index in [0.29, 0.717) is 0 Å². The largest absolute Gasteiger partial charge is 0.395 e. The molecule has 2 N–H and O–H groups in total. The van der Waals surface area contributed by atoms with Crippen LogP contribution in [0.2, 0.25) is 0 Å². The third kappa shape index (κ3) is 3.98. The van der Waals surface area contributed by atoms with E-state index in [2.05, 4.69) is 4.67 Å². The van der Waals surface area contributed by atoms with Gasteiger partial charge in [0.05, 0.1) is 0 Å². The molecule has 0 amide bonds. The maximum Gasteiger partial charge on any atom is 0.395 e. The summed E-state index contributed by atoms with van der Waals surface area (Å²) in [4.78, 5) is 7.40. The highest BCUT2D eigenvalue weighted by molar-refractivity contribution is 7.31. The molecule has 0 heterocycles. The van der Waals surface area contributed by atoms with Crippen LogP contribution in [0.25, 0.3) is 0 Å².